The van der Waals surface area contributed by atoms with Crippen LogP contribution in [0.1, 0.15) is 17.0 Å². The lowest BCUT2D eigenvalue weighted by Gasteiger charge is -2.11. The molecule has 0 aliphatic rings. The molecule has 0 fully saturated rings. The topological polar surface area (TPSA) is 42.2 Å². The predicted molar refractivity (Wildman–Crippen MR) is 86.2 cm³/mol. The van der Waals surface area contributed by atoms with E-state index in [1.165, 1.54) is 0 Å². The van der Waals surface area contributed by atoms with Crippen LogP contribution in [0, 0.1) is 13.8 Å². The second-order valence-corrected chi connectivity index (χ2v) is 5.60. The standard InChI is InChI=1S/C15H14Cl2N4/c1-9-7-12(16)20-15(17)14(9)18-8-11-10(2)19-13-5-3-4-6-21(11)13/h3-7,18H,8H2,1-2H3. The van der Waals surface area contributed by atoms with Crippen LogP contribution in [0.4, 0.5) is 5.69 Å². The minimum Gasteiger partial charge on any atom is -0.377 e. The van der Waals surface area contributed by atoms with E-state index in [-0.39, 0.29) is 0 Å². The van der Waals surface area contributed by atoms with Crippen molar-refractivity contribution in [2.24, 2.45) is 0 Å². The summed E-state index contributed by atoms with van der Waals surface area (Å²) in [5, 5.41) is 4.11. The average Bonchev–Trinajstić information content (AvgIpc) is 2.73. The van der Waals surface area contributed by atoms with Gasteiger partial charge in [0.15, 0.2) is 5.15 Å². The van der Waals surface area contributed by atoms with Crippen molar-refractivity contribution in [1.82, 2.24) is 14.4 Å². The number of imidazole rings is 1. The molecule has 0 aliphatic heterocycles. The molecule has 6 heteroatoms. The Hall–Kier alpha value is -1.78. The maximum absolute atomic E-state index is 6.15. The van der Waals surface area contributed by atoms with Crippen molar-refractivity contribution >= 4 is 34.5 Å². The first-order valence-corrected chi connectivity index (χ1v) is 7.31. The third kappa shape index (κ3) is 2.69. The van der Waals surface area contributed by atoms with Gasteiger partial charge in [-0.05, 0) is 37.6 Å². The Balaban J connectivity index is 1.92. The predicted octanol–water partition coefficient (Wildman–Crippen LogP) is 4.27. The second kappa shape index (κ2) is 5.54. The molecule has 0 amide bonds. The van der Waals surface area contributed by atoms with Gasteiger partial charge >= 0.3 is 0 Å². The van der Waals surface area contributed by atoms with Gasteiger partial charge < -0.3 is 9.72 Å². The number of rotatable bonds is 3. The van der Waals surface area contributed by atoms with E-state index in [2.05, 4.69) is 19.7 Å². The highest BCUT2D eigenvalue weighted by molar-refractivity contribution is 6.34. The molecule has 0 bridgehead atoms. The maximum atomic E-state index is 6.15. The molecule has 0 saturated carbocycles. The SMILES string of the molecule is Cc1cc(Cl)nc(Cl)c1NCc1c(C)nc2ccccn12. The molecule has 3 heterocycles. The molecule has 0 unspecified atom stereocenters. The van der Waals surface area contributed by atoms with Crippen molar-refractivity contribution in [3.63, 3.8) is 0 Å². The highest BCUT2D eigenvalue weighted by Crippen LogP contribution is 2.27. The average molecular weight is 321 g/mol. The zero-order valence-electron chi connectivity index (χ0n) is 11.7. The molecule has 3 aromatic heterocycles. The summed E-state index contributed by atoms with van der Waals surface area (Å²) in [6.07, 6.45) is 2.00. The molecular formula is C15H14Cl2N4. The minimum atomic E-state index is 0.381. The first-order chi connectivity index (χ1) is 10.1. The van der Waals surface area contributed by atoms with Gasteiger partial charge in [-0.1, -0.05) is 29.3 Å². The summed E-state index contributed by atoms with van der Waals surface area (Å²) < 4.78 is 2.06. The van der Waals surface area contributed by atoms with E-state index < -0.39 is 0 Å². The molecule has 4 nitrogen and oxygen atoms in total. The van der Waals surface area contributed by atoms with Crippen molar-refractivity contribution in [1.29, 1.82) is 0 Å². The molecule has 3 rings (SSSR count). The third-order valence-electron chi connectivity index (χ3n) is 3.40. The summed E-state index contributed by atoms with van der Waals surface area (Å²) in [4.78, 5) is 8.60. The van der Waals surface area contributed by atoms with Gasteiger partial charge in [0.25, 0.3) is 0 Å². The van der Waals surface area contributed by atoms with E-state index >= 15 is 0 Å². The molecule has 21 heavy (non-hydrogen) atoms. The van der Waals surface area contributed by atoms with E-state index in [0.29, 0.717) is 16.9 Å². The van der Waals surface area contributed by atoms with Gasteiger partial charge in [0, 0.05) is 6.20 Å². The van der Waals surface area contributed by atoms with Gasteiger partial charge in [-0.25, -0.2) is 9.97 Å². The second-order valence-electron chi connectivity index (χ2n) is 4.85. The Morgan fingerprint density at radius 3 is 2.76 bits per heavy atom. The highest BCUT2D eigenvalue weighted by Gasteiger charge is 2.11. The number of hydrogen-bond donors (Lipinski definition) is 1. The van der Waals surface area contributed by atoms with Gasteiger partial charge in [-0.2, -0.15) is 0 Å². The number of nitrogens with zero attached hydrogens (tertiary/aromatic N) is 3. The fourth-order valence-electron chi connectivity index (χ4n) is 2.36. The number of aromatic nitrogens is 3. The molecule has 0 aliphatic carbocycles. The fourth-order valence-corrected chi connectivity index (χ4v) is 2.96. The van der Waals surface area contributed by atoms with Crippen molar-refractivity contribution < 1.29 is 0 Å². The highest BCUT2D eigenvalue weighted by atomic mass is 35.5. The van der Waals surface area contributed by atoms with Crippen molar-refractivity contribution in [2.45, 2.75) is 20.4 Å². The largest absolute Gasteiger partial charge is 0.377 e. The number of aryl methyl sites for hydroxylation is 2. The van der Waals surface area contributed by atoms with Crippen molar-refractivity contribution in [3.8, 4) is 0 Å². The van der Waals surface area contributed by atoms with E-state index in [1.807, 2.05) is 38.2 Å². The van der Waals surface area contributed by atoms with Crippen LogP contribution in [0.15, 0.2) is 30.5 Å². The molecule has 3 aromatic rings. The fraction of sp³-hybridized carbons (Fsp3) is 0.200. The van der Waals surface area contributed by atoms with Crippen LogP contribution in [0.25, 0.3) is 5.65 Å². The summed E-state index contributed by atoms with van der Waals surface area (Å²) in [5.74, 6) is 0. The summed E-state index contributed by atoms with van der Waals surface area (Å²) in [6.45, 7) is 4.56. The zero-order valence-corrected chi connectivity index (χ0v) is 13.2. The third-order valence-corrected chi connectivity index (χ3v) is 3.87. The molecule has 0 aromatic carbocycles. The molecule has 108 valence electrons. The molecule has 0 spiro atoms. The number of pyridine rings is 2. The van der Waals surface area contributed by atoms with Crippen LogP contribution in [0.5, 0.6) is 0 Å². The van der Waals surface area contributed by atoms with Gasteiger partial charge in [-0.3, -0.25) is 0 Å². The molecule has 0 atom stereocenters. The Morgan fingerprint density at radius 2 is 2.00 bits per heavy atom. The van der Waals surface area contributed by atoms with Gasteiger partial charge in [0.05, 0.1) is 23.6 Å². The van der Waals surface area contributed by atoms with Gasteiger partial charge in [0.1, 0.15) is 10.8 Å². The van der Waals surface area contributed by atoms with E-state index in [1.54, 1.807) is 6.07 Å². The zero-order chi connectivity index (χ0) is 15.0. The van der Waals surface area contributed by atoms with Crippen LogP contribution in [0.2, 0.25) is 10.3 Å². The minimum absolute atomic E-state index is 0.381. The lowest BCUT2D eigenvalue weighted by Crippen LogP contribution is -2.06. The molecular weight excluding hydrogens is 307 g/mol. The number of fused-ring (bicyclic) bond motifs is 1. The summed E-state index contributed by atoms with van der Waals surface area (Å²) in [6, 6.07) is 7.73. The van der Waals surface area contributed by atoms with Crippen molar-refractivity contribution in [3.05, 3.63) is 57.7 Å². The lowest BCUT2D eigenvalue weighted by molar-refractivity contribution is 0.982. The van der Waals surface area contributed by atoms with Gasteiger partial charge in [0.2, 0.25) is 0 Å². The number of halogens is 2. The van der Waals surface area contributed by atoms with Crippen LogP contribution >= 0.6 is 23.2 Å². The van der Waals surface area contributed by atoms with E-state index in [0.717, 1.165) is 28.3 Å². The molecule has 0 radical (unpaired) electrons. The normalized spacial score (nSPS) is 11.0. The molecule has 1 N–H and O–H groups in total. The van der Waals surface area contributed by atoms with E-state index in [9.17, 15) is 0 Å². The Bertz CT molecular complexity index is 788. The maximum Gasteiger partial charge on any atom is 0.154 e. The Labute approximate surface area is 132 Å². The number of nitrogens with one attached hydrogen (secondary N) is 1. The quantitative estimate of drug-likeness (QED) is 0.733. The molecule has 0 saturated heterocycles. The first-order valence-electron chi connectivity index (χ1n) is 6.55. The number of anilines is 1. The summed E-state index contributed by atoms with van der Waals surface area (Å²) in [5.41, 5.74) is 4.78. The lowest BCUT2D eigenvalue weighted by atomic mass is 10.2. The van der Waals surface area contributed by atoms with Crippen LogP contribution < -0.4 is 5.32 Å². The van der Waals surface area contributed by atoms with Crippen LogP contribution in [0.3, 0.4) is 0 Å². The van der Waals surface area contributed by atoms with Crippen LogP contribution in [-0.4, -0.2) is 14.4 Å². The first kappa shape index (κ1) is 14.2. The van der Waals surface area contributed by atoms with Crippen LogP contribution in [-0.2, 0) is 6.54 Å². The Morgan fingerprint density at radius 1 is 1.19 bits per heavy atom. The Kier molecular flexibility index (Phi) is 3.74. The van der Waals surface area contributed by atoms with Gasteiger partial charge in [-0.15, -0.1) is 0 Å². The summed E-state index contributed by atoms with van der Waals surface area (Å²) >= 11 is 12.0. The van der Waals surface area contributed by atoms with E-state index in [4.69, 9.17) is 23.2 Å². The van der Waals surface area contributed by atoms with Crippen molar-refractivity contribution in [2.75, 3.05) is 5.32 Å². The smallest absolute Gasteiger partial charge is 0.154 e. The number of hydrogen-bond acceptors (Lipinski definition) is 3. The monoisotopic (exact) mass is 320 g/mol. The summed E-state index contributed by atoms with van der Waals surface area (Å²) in [7, 11) is 0.